The van der Waals surface area contributed by atoms with Crippen LogP contribution >= 0.6 is 11.3 Å². The third-order valence-corrected chi connectivity index (χ3v) is 7.50. The molecule has 1 atom stereocenters. The van der Waals surface area contributed by atoms with Crippen molar-refractivity contribution in [3.05, 3.63) is 82.4 Å². The van der Waals surface area contributed by atoms with E-state index < -0.39 is 23.7 Å². The lowest BCUT2D eigenvalue weighted by Gasteiger charge is -2.24. The van der Waals surface area contributed by atoms with E-state index in [1.165, 1.54) is 18.1 Å². The summed E-state index contributed by atoms with van der Waals surface area (Å²) in [5.41, 5.74) is 0.979. The van der Waals surface area contributed by atoms with E-state index >= 15 is 0 Å². The van der Waals surface area contributed by atoms with Gasteiger partial charge in [0.1, 0.15) is 23.0 Å². The molecule has 1 amide bonds. The van der Waals surface area contributed by atoms with Gasteiger partial charge < -0.3 is 24.1 Å². The van der Waals surface area contributed by atoms with Crippen molar-refractivity contribution < 1.29 is 38.4 Å². The Kier molecular flexibility index (Phi) is 9.64. The summed E-state index contributed by atoms with van der Waals surface area (Å²) in [7, 11) is 1.52. The number of aromatic nitrogens is 1. The molecule has 0 bridgehead atoms. The quantitative estimate of drug-likeness (QED) is 0.0938. The Morgan fingerprint density at radius 3 is 2.50 bits per heavy atom. The number of ether oxygens (including phenoxy) is 4. The van der Waals surface area contributed by atoms with Crippen LogP contribution in [-0.2, 0) is 14.3 Å². The minimum atomic E-state index is -1.09. The Morgan fingerprint density at radius 2 is 1.86 bits per heavy atom. The fourth-order valence-corrected chi connectivity index (χ4v) is 5.41. The van der Waals surface area contributed by atoms with Crippen LogP contribution in [0.1, 0.15) is 52.8 Å². The van der Waals surface area contributed by atoms with Gasteiger partial charge in [0.25, 0.3) is 5.78 Å². The van der Waals surface area contributed by atoms with E-state index in [0.29, 0.717) is 47.3 Å². The molecule has 0 aliphatic carbocycles. The highest BCUT2D eigenvalue weighted by Crippen LogP contribution is 2.45. The fraction of sp³-hybridized carbons (Fsp3) is 0.290. The highest BCUT2D eigenvalue weighted by atomic mass is 32.1. The van der Waals surface area contributed by atoms with Crippen molar-refractivity contribution >= 4 is 39.9 Å². The van der Waals surface area contributed by atoms with E-state index in [1.54, 1.807) is 49.4 Å². The molecule has 1 fully saturated rings. The smallest absolute Gasteiger partial charge is 0.350 e. The molecule has 1 N–H and O–H groups in total. The minimum Gasteiger partial charge on any atom is -0.507 e. The summed E-state index contributed by atoms with van der Waals surface area (Å²) in [6.07, 6.45) is 2.23. The summed E-state index contributed by atoms with van der Waals surface area (Å²) in [5.74, 6) is -1.32. The second kappa shape index (κ2) is 13.3. The second-order valence-electron chi connectivity index (χ2n) is 9.18. The van der Waals surface area contributed by atoms with Crippen molar-refractivity contribution in [1.82, 2.24) is 4.98 Å². The van der Waals surface area contributed by atoms with Gasteiger partial charge in [0.15, 0.2) is 16.6 Å². The molecule has 1 saturated heterocycles. The zero-order valence-corrected chi connectivity index (χ0v) is 24.7. The van der Waals surface area contributed by atoms with Gasteiger partial charge in [-0.1, -0.05) is 37.0 Å². The first-order valence-electron chi connectivity index (χ1n) is 13.4. The largest absolute Gasteiger partial charge is 0.507 e. The summed E-state index contributed by atoms with van der Waals surface area (Å²) < 4.78 is 22.1. The number of aliphatic hydroxyl groups excluding tert-OH is 1. The van der Waals surface area contributed by atoms with Crippen LogP contribution in [0.15, 0.2) is 60.7 Å². The normalized spacial score (nSPS) is 15.9. The van der Waals surface area contributed by atoms with Gasteiger partial charge in [-0.05, 0) is 62.2 Å². The molecule has 42 heavy (non-hydrogen) atoms. The molecule has 0 spiro atoms. The van der Waals surface area contributed by atoms with E-state index in [9.17, 15) is 19.5 Å². The van der Waals surface area contributed by atoms with Crippen molar-refractivity contribution in [3.8, 4) is 17.2 Å². The number of rotatable bonds is 12. The molecule has 3 aromatic rings. The predicted molar refractivity (Wildman–Crippen MR) is 159 cm³/mol. The number of nitrogens with zero attached hydrogens (tertiary/aromatic N) is 2. The number of esters is 1. The number of hydrogen-bond donors (Lipinski definition) is 1. The van der Waals surface area contributed by atoms with Gasteiger partial charge in [-0.15, -0.1) is 0 Å². The number of ketones is 1. The van der Waals surface area contributed by atoms with Gasteiger partial charge in [0.2, 0.25) is 0 Å². The summed E-state index contributed by atoms with van der Waals surface area (Å²) in [5, 5.41) is 11.5. The number of benzene rings is 2. The molecule has 11 heteroatoms. The van der Waals surface area contributed by atoms with Crippen molar-refractivity contribution in [1.29, 1.82) is 0 Å². The number of carbonyl (C=O) groups is 3. The first kappa shape index (κ1) is 30.3. The number of thiazole rings is 1. The zero-order valence-electron chi connectivity index (χ0n) is 23.8. The van der Waals surface area contributed by atoms with E-state index in [-0.39, 0.29) is 27.9 Å². The molecule has 0 saturated carbocycles. The van der Waals surface area contributed by atoms with E-state index in [2.05, 4.69) is 11.6 Å². The summed E-state index contributed by atoms with van der Waals surface area (Å²) in [6, 6.07) is 10.5. The Balaban J connectivity index is 1.90. The van der Waals surface area contributed by atoms with Crippen LogP contribution in [0.4, 0.5) is 5.13 Å². The van der Waals surface area contributed by atoms with Crippen molar-refractivity contribution in [2.45, 2.75) is 33.2 Å². The van der Waals surface area contributed by atoms with Crippen LogP contribution in [0, 0.1) is 6.92 Å². The van der Waals surface area contributed by atoms with Crippen molar-refractivity contribution in [2.75, 3.05) is 31.8 Å². The SMILES string of the molecule is C=CCOC(=O)c1sc(N2C(=O)C(=O)C(=C(O)c3ccc(OC)cc3)C2c2ccc(OCCC)c(OCC)c2)nc1C. The number of hydrogen-bond acceptors (Lipinski definition) is 10. The van der Waals surface area contributed by atoms with Gasteiger partial charge in [0.05, 0.1) is 37.6 Å². The monoisotopic (exact) mass is 592 g/mol. The topological polar surface area (TPSA) is 124 Å². The lowest BCUT2D eigenvalue weighted by Crippen LogP contribution is -2.29. The number of anilines is 1. The molecule has 2 heterocycles. The van der Waals surface area contributed by atoms with Gasteiger partial charge in [-0.3, -0.25) is 14.5 Å². The van der Waals surface area contributed by atoms with E-state index in [1.807, 2.05) is 13.8 Å². The maximum Gasteiger partial charge on any atom is 0.350 e. The average molecular weight is 593 g/mol. The first-order chi connectivity index (χ1) is 20.2. The number of aliphatic hydroxyl groups is 1. The van der Waals surface area contributed by atoms with Gasteiger partial charge in [-0.25, -0.2) is 9.78 Å². The number of methoxy groups -OCH3 is 1. The van der Waals surface area contributed by atoms with Crippen LogP contribution in [0.25, 0.3) is 5.76 Å². The minimum absolute atomic E-state index is 0.00450. The van der Waals surface area contributed by atoms with Crippen LogP contribution in [0.3, 0.4) is 0 Å². The molecule has 4 rings (SSSR count). The molecular formula is C31H32N2O8S. The van der Waals surface area contributed by atoms with Gasteiger partial charge >= 0.3 is 11.9 Å². The molecule has 1 aliphatic rings. The summed E-state index contributed by atoms with van der Waals surface area (Å²) in [6.45, 7) is 9.80. The third kappa shape index (κ3) is 6.01. The molecule has 1 aliphatic heterocycles. The maximum absolute atomic E-state index is 13.6. The zero-order chi connectivity index (χ0) is 30.4. The standard InChI is InChI=1S/C31H32N2O8S/c1-6-15-40-22-14-11-20(17-23(22)39-8-3)25-24(26(34)19-9-12-21(38-5)13-10-19)27(35)29(36)33(25)31-32-18(4)28(42-31)30(37)41-16-7-2/h7,9-14,17,25,34H,2,6,8,15-16H2,1,3-5H3. The van der Waals surface area contributed by atoms with Crippen LogP contribution in [0.5, 0.6) is 17.2 Å². The molecule has 0 radical (unpaired) electrons. The number of amides is 1. The number of carbonyl (C=O) groups excluding carboxylic acids is 3. The fourth-order valence-electron chi connectivity index (χ4n) is 4.42. The third-order valence-electron chi connectivity index (χ3n) is 6.36. The Morgan fingerprint density at radius 1 is 1.12 bits per heavy atom. The van der Waals surface area contributed by atoms with Crippen LogP contribution in [0.2, 0.25) is 0 Å². The van der Waals surface area contributed by atoms with Crippen molar-refractivity contribution in [2.24, 2.45) is 0 Å². The summed E-state index contributed by atoms with van der Waals surface area (Å²) >= 11 is 0.919. The predicted octanol–water partition coefficient (Wildman–Crippen LogP) is 5.62. The van der Waals surface area contributed by atoms with E-state index in [0.717, 1.165) is 17.8 Å². The van der Waals surface area contributed by atoms with Crippen LogP contribution < -0.4 is 19.1 Å². The second-order valence-corrected chi connectivity index (χ2v) is 10.2. The Bertz CT molecular complexity index is 1530. The van der Waals surface area contributed by atoms with E-state index in [4.69, 9.17) is 18.9 Å². The van der Waals surface area contributed by atoms with Gasteiger partial charge in [0, 0.05) is 5.56 Å². The first-order valence-corrected chi connectivity index (χ1v) is 14.2. The van der Waals surface area contributed by atoms with Crippen LogP contribution in [-0.4, -0.2) is 54.7 Å². The highest BCUT2D eigenvalue weighted by molar-refractivity contribution is 7.17. The Hall–Kier alpha value is -4.64. The molecule has 1 aromatic heterocycles. The lowest BCUT2D eigenvalue weighted by molar-refractivity contribution is -0.132. The molecule has 2 aromatic carbocycles. The maximum atomic E-state index is 13.6. The van der Waals surface area contributed by atoms with Gasteiger partial charge in [-0.2, -0.15) is 0 Å². The molecule has 1 unspecified atom stereocenters. The average Bonchev–Trinajstić information content (AvgIpc) is 3.51. The molecular weight excluding hydrogens is 560 g/mol. The highest BCUT2D eigenvalue weighted by Gasteiger charge is 2.48. The molecule has 220 valence electrons. The number of Topliss-reactive ketones (excluding diaryl/α,β-unsaturated/α-hetero) is 1. The lowest BCUT2D eigenvalue weighted by atomic mass is 9.95. The summed E-state index contributed by atoms with van der Waals surface area (Å²) in [4.78, 5) is 45.7. The number of aryl methyl sites for hydroxylation is 1. The molecule has 10 nitrogen and oxygen atoms in total. The Labute approximate surface area is 247 Å². The van der Waals surface area contributed by atoms with Crippen molar-refractivity contribution in [3.63, 3.8) is 0 Å².